The molecular formula is C22H28N4OS. The summed E-state index contributed by atoms with van der Waals surface area (Å²) in [6.45, 7) is 6.48. The van der Waals surface area contributed by atoms with E-state index in [4.69, 9.17) is 4.98 Å². The van der Waals surface area contributed by atoms with Crippen LogP contribution >= 0.6 is 11.3 Å². The number of hydrogen-bond acceptors (Lipinski definition) is 4. The zero-order valence-corrected chi connectivity index (χ0v) is 17.9. The van der Waals surface area contributed by atoms with Crippen LogP contribution in [-0.4, -0.2) is 38.7 Å². The Bertz CT molecular complexity index is 968. The lowest BCUT2D eigenvalue weighted by Gasteiger charge is -2.33. The SMILES string of the molecule is CC1CCC(N(C)C(=O)c2cc(-c3cccs3)nc3c2cnn3C(C)C)CC1. The van der Waals surface area contributed by atoms with Crippen molar-refractivity contribution in [2.45, 2.75) is 58.5 Å². The third kappa shape index (κ3) is 3.46. The number of carbonyl (C=O) groups is 1. The van der Waals surface area contributed by atoms with Gasteiger partial charge in [0.25, 0.3) is 5.91 Å². The van der Waals surface area contributed by atoms with E-state index in [1.807, 2.05) is 34.1 Å². The Labute approximate surface area is 170 Å². The second-order valence-electron chi connectivity index (χ2n) is 8.28. The van der Waals surface area contributed by atoms with Gasteiger partial charge in [0.2, 0.25) is 0 Å². The zero-order chi connectivity index (χ0) is 19.8. The number of rotatable bonds is 4. The number of fused-ring (bicyclic) bond motifs is 1. The number of pyridine rings is 1. The Kier molecular flexibility index (Phi) is 5.23. The molecule has 0 aromatic carbocycles. The predicted octanol–water partition coefficient (Wildman–Crippen LogP) is 5.39. The van der Waals surface area contributed by atoms with E-state index < -0.39 is 0 Å². The molecule has 0 radical (unpaired) electrons. The molecule has 1 aliphatic carbocycles. The summed E-state index contributed by atoms with van der Waals surface area (Å²) in [6.07, 6.45) is 6.35. The van der Waals surface area contributed by atoms with Gasteiger partial charge >= 0.3 is 0 Å². The summed E-state index contributed by atoms with van der Waals surface area (Å²) in [6, 6.07) is 6.52. The van der Waals surface area contributed by atoms with E-state index in [1.165, 1.54) is 12.8 Å². The maximum atomic E-state index is 13.5. The van der Waals surface area contributed by atoms with Gasteiger partial charge in [-0.05, 0) is 63.0 Å². The average molecular weight is 397 g/mol. The molecule has 3 aromatic heterocycles. The number of thiophene rings is 1. The van der Waals surface area contributed by atoms with Gasteiger partial charge in [-0.15, -0.1) is 11.3 Å². The lowest BCUT2D eigenvalue weighted by molar-refractivity contribution is 0.0681. The Morgan fingerprint density at radius 3 is 2.68 bits per heavy atom. The van der Waals surface area contributed by atoms with Crippen molar-refractivity contribution in [2.24, 2.45) is 5.92 Å². The van der Waals surface area contributed by atoms with Crippen molar-refractivity contribution in [2.75, 3.05) is 7.05 Å². The minimum Gasteiger partial charge on any atom is -0.339 e. The molecule has 0 N–H and O–H groups in total. The van der Waals surface area contributed by atoms with Crippen LogP contribution in [0.2, 0.25) is 0 Å². The van der Waals surface area contributed by atoms with Crippen molar-refractivity contribution in [1.29, 1.82) is 0 Å². The lowest BCUT2D eigenvalue weighted by Crippen LogP contribution is -2.39. The Morgan fingerprint density at radius 2 is 2.04 bits per heavy atom. The lowest BCUT2D eigenvalue weighted by atomic mass is 9.86. The first kappa shape index (κ1) is 19.1. The summed E-state index contributed by atoms with van der Waals surface area (Å²) in [5.41, 5.74) is 2.34. The van der Waals surface area contributed by atoms with Crippen molar-refractivity contribution < 1.29 is 4.79 Å². The van der Waals surface area contributed by atoms with Gasteiger partial charge in [0.05, 0.1) is 27.7 Å². The van der Waals surface area contributed by atoms with Crippen LogP contribution in [0.25, 0.3) is 21.6 Å². The van der Waals surface area contributed by atoms with Gasteiger partial charge in [-0.3, -0.25) is 4.79 Å². The van der Waals surface area contributed by atoms with Crippen molar-refractivity contribution in [3.05, 3.63) is 35.3 Å². The highest BCUT2D eigenvalue weighted by Crippen LogP contribution is 2.31. The monoisotopic (exact) mass is 396 g/mol. The number of nitrogens with zero attached hydrogens (tertiary/aromatic N) is 4. The van der Waals surface area contributed by atoms with E-state index in [0.29, 0.717) is 11.6 Å². The van der Waals surface area contributed by atoms with Crippen molar-refractivity contribution in [1.82, 2.24) is 19.7 Å². The van der Waals surface area contributed by atoms with E-state index in [9.17, 15) is 4.79 Å². The summed E-state index contributed by atoms with van der Waals surface area (Å²) >= 11 is 1.64. The number of hydrogen-bond donors (Lipinski definition) is 0. The molecule has 6 heteroatoms. The number of carbonyl (C=O) groups excluding carboxylic acids is 1. The maximum absolute atomic E-state index is 13.5. The summed E-state index contributed by atoms with van der Waals surface area (Å²) in [5, 5.41) is 7.41. The molecule has 0 spiro atoms. The Morgan fingerprint density at radius 1 is 1.29 bits per heavy atom. The third-order valence-corrected chi connectivity index (χ3v) is 6.81. The van der Waals surface area contributed by atoms with E-state index >= 15 is 0 Å². The van der Waals surface area contributed by atoms with Crippen molar-refractivity contribution >= 4 is 28.3 Å². The van der Waals surface area contributed by atoms with Crippen LogP contribution in [0.5, 0.6) is 0 Å². The highest BCUT2D eigenvalue weighted by atomic mass is 32.1. The molecule has 4 rings (SSSR count). The van der Waals surface area contributed by atoms with Crippen LogP contribution in [0, 0.1) is 5.92 Å². The first-order chi connectivity index (χ1) is 13.5. The fraction of sp³-hybridized carbons (Fsp3) is 0.500. The fourth-order valence-corrected chi connectivity index (χ4v) is 4.80. The quantitative estimate of drug-likeness (QED) is 0.594. The van der Waals surface area contributed by atoms with Crippen LogP contribution in [-0.2, 0) is 0 Å². The standard InChI is InChI=1S/C22H28N4OS/c1-14(2)26-21-18(13-23-26)17(12-19(24-21)20-6-5-11-28-20)22(27)25(4)16-9-7-15(3)8-10-16/h5-6,11-16H,7-10H2,1-4H3. The molecule has 1 amide bonds. The number of aromatic nitrogens is 3. The minimum absolute atomic E-state index is 0.0769. The van der Waals surface area contributed by atoms with E-state index in [1.54, 1.807) is 17.5 Å². The summed E-state index contributed by atoms with van der Waals surface area (Å²) < 4.78 is 1.91. The van der Waals surface area contributed by atoms with Gasteiger partial charge in [-0.25, -0.2) is 9.67 Å². The molecule has 1 aliphatic rings. The summed E-state index contributed by atoms with van der Waals surface area (Å²) in [7, 11) is 1.95. The predicted molar refractivity (Wildman–Crippen MR) is 115 cm³/mol. The van der Waals surface area contributed by atoms with Crippen LogP contribution in [0.15, 0.2) is 29.8 Å². The van der Waals surface area contributed by atoms with E-state index in [-0.39, 0.29) is 11.9 Å². The van der Waals surface area contributed by atoms with Gasteiger partial charge in [-0.2, -0.15) is 5.10 Å². The highest BCUT2D eigenvalue weighted by Gasteiger charge is 2.28. The van der Waals surface area contributed by atoms with Crippen molar-refractivity contribution in [3.8, 4) is 10.6 Å². The van der Waals surface area contributed by atoms with Gasteiger partial charge in [0.1, 0.15) is 0 Å². The molecule has 0 saturated heterocycles. The van der Waals surface area contributed by atoms with E-state index in [0.717, 1.165) is 40.4 Å². The van der Waals surface area contributed by atoms with Crippen LogP contribution in [0.3, 0.4) is 0 Å². The largest absolute Gasteiger partial charge is 0.339 e. The summed E-state index contributed by atoms with van der Waals surface area (Å²) in [5.74, 6) is 0.843. The van der Waals surface area contributed by atoms with Gasteiger partial charge in [0.15, 0.2) is 5.65 Å². The first-order valence-electron chi connectivity index (χ1n) is 10.1. The van der Waals surface area contributed by atoms with Crippen molar-refractivity contribution in [3.63, 3.8) is 0 Å². The molecule has 3 heterocycles. The third-order valence-electron chi connectivity index (χ3n) is 5.91. The molecule has 148 valence electrons. The molecule has 1 saturated carbocycles. The van der Waals surface area contributed by atoms with Gasteiger partial charge < -0.3 is 4.90 Å². The highest BCUT2D eigenvalue weighted by molar-refractivity contribution is 7.13. The molecular weight excluding hydrogens is 368 g/mol. The van der Waals surface area contributed by atoms with Gasteiger partial charge in [-0.1, -0.05) is 13.0 Å². The molecule has 0 atom stereocenters. The Balaban J connectivity index is 1.77. The Hall–Kier alpha value is -2.21. The molecule has 0 unspecified atom stereocenters. The molecule has 28 heavy (non-hydrogen) atoms. The number of amides is 1. The zero-order valence-electron chi connectivity index (χ0n) is 17.1. The van der Waals surface area contributed by atoms with Crippen LogP contribution < -0.4 is 0 Å². The summed E-state index contributed by atoms with van der Waals surface area (Å²) in [4.78, 5) is 21.4. The van der Waals surface area contributed by atoms with E-state index in [2.05, 4.69) is 31.9 Å². The second-order valence-corrected chi connectivity index (χ2v) is 9.23. The molecule has 3 aromatic rings. The fourth-order valence-electron chi connectivity index (χ4n) is 4.11. The molecule has 5 nitrogen and oxygen atoms in total. The normalized spacial score (nSPS) is 20.0. The van der Waals surface area contributed by atoms with Crippen LogP contribution in [0.4, 0.5) is 0 Å². The second kappa shape index (κ2) is 7.66. The minimum atomic E-state index is 0.0769. The molecule has 0 bridgehead atoms. The van der Waals surface area contributed by atoms with Crippen LogP contribution in [0.1, 0.15) is 62.9 Å². The smallest absolute Gasteiger partial charge is 0.254 e. The average Bonchev–Trinajstić information content (AvgIpc) is 3.36. The topological polar surface area (TPSA) is 51.0 Å². The molecule has 0 aliphatic heterocycles. The van der Waals surface area contributed by atoms with Gasteiger partial charge in [0, 0.05) is 19.1 Å². The first-order valence-corrected chi connectivity index (χ1v) is 11.0. The maximum Gasteiger partial charge on any atom is 0.254 e. The molecule has 1 fully saturated rings.